The SMILES string of the molecule is COc1cc(NC(=O)N(CC(=O)N(Cc2cccn2C)C2CC2)C2CC2)cc(OC)c1. The summed E-state index contributed by atoms with van der Waals surface area (Å²) in [5.74, 6) is 1.17. The molecule has 0 bridgehead atoms. The standard InChI is InChI=1S/C23H30N4O4/c1-25-10-4-5-19(25)14-26(17-6-7-17)22(28)15-27(18-8-9-18)23(29)24-16-11-20(30-2)13-21(12-16)31-3/h4-5,10-13,17-18H,6-9,14-15H2,1-3H3,(H,24,29). The van der Waals surface area contributed by atoms with Crippen LogP contribution in [0.15, 0.2) is 36.5 Å². The first-order valence-corrected chi connectivity index (χ1v) is 10.7. The number of nitrogens with zero attached hydrogens (tertiary/aromatic N) is 3. The highest BCUT2D eigenvalue weighted by atomic mass is 16.5. The molecule has 2 fully saturated rings. The van der Waals surface area contributed by atoms with Crippen LogP contribution in [0.5, 0.6) is 11.5 Å². The Balaban J connectivity index is 1.45. The zero-order valence-electron chi connectivity index (χ0n) is 18.3. The van der Waals surface area contributed by atoms with Crippen LogP contribution in [0.25, 0.3) is 0 Å². The average molecular weight is 427 g/mol. The van der Waals surface area contributed by atoms with Gasteiger partial charge in [-0.25, -0.2) is 4.79 Å². The van der Waals surface area contributed by atoms with E-state index >= 15 is 0 Å². The average Bonchev–Trinajstić information content (AvgIpc) is 3.69. The normalized spacial score (nSPS) is 15.3. The molecule has 8 nitrogen and oxygen atoms in total. The van der Waals surface area contributed by atoms with Crippen LogP contribution >= 0.6 is 0 Å². The van der Waals surface area contributed by atoms with Gasteiger partial charge in [-0.05, 0) is 37.8 Å². The van der Waals surface area contributed by atoms with E-state index in [4.69, 9.17) is 9.47 Å². The lowest BCUT2D eigenvalue weighted by atomic mass is 10.2. The van der Waals surface area contributed by atoms with Gasteiger partial charge in [0.25, 0.3) is 0 Å². The summed E-state index contributed by atoms with van der Waals surface area (Å²) >= 11 is 0. The van der Waals surface area contributed by atoms with E-state index in [1.54, 1.807) is 37.3 Å². The third-order valence-electron chi connectivity index (χ3n) is 5.85. The first-order chi connectivity index (χ1) is 15.0. The summed E-state index contributed by atoms with van der Waals surface area (Å²) in [5, 5.41) is 2.91. The Morgan fingerprint density at radius 2 is 1.65 bits per heavy atom. The van der Waals surface area contributed by atoms with Gasteiger partial charge >= 0.3 is 6.03 Å². The fourth-order valence-corrected chi connectivity index (χ4v) is 3.71. The van der Waals surface area contributed by atoms with Gasteiger partial charge in [-0.15, -0.1) is 0 Å². The van der Waals surface area contributed by atoms with Gasteiger partial charge in [0.05, 0.1) is 20.8 Å². The van der Waals surface area contributed by atoms with Gasteiger partial charge in [0, 0.05) is 54.9 Å². The van der Waals surface area contributed by atoms with Crippen molar-refractivity contribution >= 4 is 17.6 Å². The molecular formula is C23H30N4O4. The van der Waals surface area contributed by atoms with Crippen molar-refractivity contribution in [1.82, 2.24) is 14.4 Å². The smallest absolute Gasteiger partial charge is 0.322 e. The predicted octanol–water partition coefficient (Wildman–Crippen LogP) is 3.23. The van der Waals surface area contributed by atoms with Gasteiger partial charge in [0.2, 0.25) is 5.91 Å². The molecule has 2 saturated carbocycles. The second-order valence-electron chi connectivity index (χ2n) is 8.25. The zero-order valence-corrected chi connectivity index (χ0v) is 18.3. The molecule has 166 valence electrons. The van der Waals surface area contributed by atoms with E-state index in [-0.39, 0.29) is 30.6 Å². The lowest BCUT2D eigenvalue weighted by Gasteiger charge is -2.28. The second kappa shape index (κ2) is 8.91. The molecule has 0 spiro atoms. The third-order valence-corrected chi connectivity index (χ3v) is 5.85. The van der Waals surface area contributed by atoms with Crippen molar-refractivity contribution in [3.63, 3.8) is 0 Å². The summed E-state index contributed by atoms with van der Waals surface area (Å²) in [6.45, 7) is 0.652. The maximum absolute atomic E-state index is 13.2. The first kappa shape index (κ1) is 21.1. The Kier molecular flexibility index (Phi) is 6.06. The summed E-state index contributed by atoms with van der Waals surface area (Å²) in [6.07, 6.45) is 5.87. The number of ether oxygens (including phenoxy) is 2. The third kappa shape index (κ3) is 5.13. The number of aromatic nitrogens is 1. The van der Waals surface area contributed by atoms with E-state index in [0.29, 0.717) is 23.7 Å². The number of rotatable bonds is 9. The van der Waals surface area contributed by atoms with Gasteiger partial charge in [0.1, 0.15) is 18.0 Å². The highest BCUT2D eigenvalue weighted by Gasteiger charge is 2.38. The monoisotopic (exact) mass is 426 g/mol. The molecular weight excluding hydrogens is 396 g/mol. The molecule has 2 aliphatic rings. The Morgan fingerprint density at radius 3 is 2.16 bits per heavy atom. The van der Waals surface area contributed by atoms with Gasteiger partial charge in [-0.1, -0.05) is 0 Å². The number of amides is 3. The van der Waals surface area contributed by atoms with Crippen LogP contribution in [0, 0.1) is 0 Å². The van der Waals surface area contributed by atoms with Crippen molar-refractivity contribution in [2.24, 2.45) is 7.05 Å². The molecule has 2 aromatic rings. The maximum Gasteiger partial charge on any atom is 0.322 e. The molecule has 1 aromatic carbocycles. The molecule has 0 saturated heterocycles. The molecule has 1 aromatic heterocycles. The Morgan fingerprint density at radius 1 is 1.03 bits per heavy atom. The van der Waals surface area contributed by atoms with Gasteiger partial charge < -0.3 is 29.2 Å². The first-order valence-electron chi connectivity index (χ1n) is 10.7. The van der Waals surface area contributed by atoms with Crippen LogP contribution in [0.2, 0.25) is 0 Å². The molecule has 0 radical (unpaired) electrons. The van der Waals surface area contributed by atoms with Crippen LogP contribution in [-0.2, 0) is 18.4 Å². The van der Waals surface area contributed by atoms with E-state index in [1.807, 2.05) is 34.8 Å². The number of hydrogen-bond acceptors (Lipinski definition) is 4. The Labute approximate surface area is 182 Å². The largest absolute Gasteiger partial charge is 0.497 e. The number of benzene rings is 1. The summed E-state index contributed by atoms with van der Waals surface area (Å²) in [6, 6.07) is 9.33. The van der Waals surface area contributed by atoms with Gasteiger partial charge in [0.15, 0.2) is 0 Å². The molecule has 8 heteroatoms. The fraction of sp³-hybridized carbons (Fsp3) is 0.478. The molecule has 2 aliphatic carbocycles. The highest BCUT2D eigenvalue weighted by molar-refractivity contribution is 5.93. The Hall–Kier alpha value is -3.16. The van der Waals surface area contributed by atoms with Crippen molar-refractivity contribution in [3.05, 3.63) is 42.2 Å². The predicted molar refractivity (Wildman–Crippen MR) is 117 cm³/mol. The van der Waals surface area contributed by atoms with E-state index in [1.165, 1.54) is 0 Å². The molecule has 4 rings (SSSR count). The van der Waals surface area contributed by atoms with E-state index in [0.717, 1.165) is 31.4 Å². The molecule has 0 atom stereocenters. The number of anilines is 1. The van der Waals surface area contributed by atoms with Gasteiger partial charge in [-0.2, -0.15) is 0 Å². The number of methoxy groups -OCH3 is 2. The second-order valence-corrected chi connectivity index (χ2v) is 8.25. The van der Waals surface area contributed by atoms with Crippen LogP contribution in [0.1, 0.15) is 31.4 Å². The van der Waals surface area contributed by atoms with Crippen molar-refractivity contribution in [3.8, 4) is 11.5 Å². The van der Waals surface area contributed by atoms with Crippen LogP contribution in [0.3, 0.4) is 0 Å². The van der Waals surface area contributed by atoms with E-state index in [9.17, 15) is 9.59 Å². The summed E-state index contributed by atoms with van der Waals surface area (Å²) in [4.78, 5) is 29.9. The summed E-state index contributed by atoms with van der Waals surface area (Å²) in [5.41, 5.74) is 1.66. The molecule has 1 heterocycles. The highest BCUT2D eigenvalue weighted by Crippen LogP contribution is 2.32. The van der Waals surface area contributed by atoms with Gasteiger partial charge in [-0.3, -0.25) is 4.79 Å². The molecule has 0 aliphatic heterocycles. The van der Waals surface area contributed by atoms with Crippen molar-refractivity contribution in [2.75, 3.05) is 26.1 Å². The quantitative estimate of drug-likeness (QED) is 0.668. The van der Waals surface area contributed by atoms with Crippen molar-refractivity contribution < 1.29 is 19.1 Å². The van der Waals surface area contributed by atoms with Crippen LogP contribution in [0.4, 0.5) is 10.5 Å². The van der Waals surface area contributed by atoms with Crippen LogP contribution < -0.4 is 14.8 Å². The molecule has 1 N–H and O–H groups in total. The fourth-order valence-electron chi connectivity index (χ4n) is 3.71. The molecule has 31 heavy (non-hydrogen) atoms. The van der Waals surface area contributed by atoms with E-state index < -0.39 is 0 Å². The zero-order chi connectivity index (χ0) is 22.0. The number of carbonyl (C=O) groups is 2. The minimum atomic E-state index is -0.277. The lowest BCUT2D eigenvalue weighted by Crippen LogP contribution is -2.46. The maximum atomic E-state index is 13.2. The lowest BCUT2D eigenvalue weighted by molar-refractivity contribution is -0.133. The molecule has 0 unspecified atom stereocenters. The van der Waals surface area contributed by atoms with Crippen molar-refractivity contribution in [1.29, 1.82) is 0 Å². The molecule has 3 amide bonds. The van der Waals surface area contributed by atoms with Crippen LogP contribution in [-0.4, -0.2) is 59.2 Å². The number of hydrogen-bond donors (Lipinski definition) is 1. The summed E-state index contributed by atoms with van der Waals surface area (Å²) in [7, 11) is 5.11. The topological polar surface area (TPSA) is 76.0 Å². The van der Waals surface area contributed by atoms with E-state index in [2.05, 4.69) is 5.32 Å². The van der Waals surface area contributed by atoms with Crippen molar-refractivity contribution in [2.45, 2.75) is 44.3 Å². The Bertz CT molecular complexity index is 927. The number of urea groups is 1. The minimum absolute atomic E-state index is 0.00558. The number of carbonyl (C=O) groups excluding carboxylic acids is 2. The number of nitrogens with one attached hydrogen (secondary N) is 1. The summed E-state index contributed by atoms with van der Waals surface area (Å²) < 4.78 is 12.6. The minimum Gasteiger partial charge on any atom is -0.497 e. The number of aryl methyl sites for hydroxylation is 1.